The summed E-state index contributed by atoms with van der Waals surface area (Å²) in [5.41, 5.74) is 2.02. The number of benzene rings is 2. The lowest BCUT2D eigenvalue weighted by molar-refractivity contribution is -0.126. The predicted octanol–water partition coefficient (Wildman–Crippen LogP) is 3.82. The van der Waals surface area contributed by atoms with Crippen LogP contribution in [-0.2, 0) is 4.79 Å². The maximum absolute atomic E-state index is 13.0. The minimum Gasteiger partial charge on any atom is -0.342 e. The van der Waals surface area contributed by atoms with E-state index >= 15 is 0 Å². The van der Waals surface area contributed by atoms with Gasteiger partial charge in [0.05, 0.1) is 6.04 Å². The monoisotopic (exact) mass is 410 g/mol. The Morgan fingerprint density at radius 3 is 2.28 bits per heavy atom. The number of nitrogens with one attached hydrogen (secondary N) is 1. The number of Topliss-reactive ketones (excluding diaryl/α,β-unsaturated/α-hetero) is 1. The van der Waals surface area contributed by atoms with Crippen LogP contribution in [0.1, 0.15) is 57.9 Å². The highest BCUT2D eigenvalue weighted by Gasteiger charge is 2.30. The van der Waals surface area contributed by atoms with Crippen LogP contribution in [0.3, 0.4) is 0 Å². The molecule has 2 aromatic carbocycles. The Balaban J connectivity index is 1.43. The van der Waals surface area contributed by atoms with Gasteiger partial charge in [-0.1, -0.05) is 41.9 Å². The fourth-order valence-corrected chi connectivity index (χ4v) is 4.20. The van der Waals surface area contributed by atoms with E-state index in [1.807, 2.05) is 23.1 Å². The van der Waals surface area contributed by atoms with E-state index in [0.717, 1.165) is 12.8 Å². The van der Waals surface area contributed by atoms with Gasteiger partial charge in [0, 0.05) is 35.7 Å². The molecule has 1 heterocycles. The van der Waals surface area contributed by atoms with Crippen LogP contribution in [0.15, 0.2) is 48.5 Å². The second-order valence-electron chi connectivity index (χ2n) is 7.74. The maximum atomic E-state index is 13.0. The molecule has 29 heavy (non-hydrogen) atoms. The van der Waals surface area contributed by atoms with Crippen molar-refractivity contribution in [2.75, 3.05) is 13.1 Å². The number of hydrogen-bond acceptors (Lipinski definition) is 3. The van der Waals surface area contributed by atoms with Crippen LogP contribution in [0.25, 0.3) is 0 Å². The molecule has 0 spiro atoms. The molecule has 150 valence electrons. The number of piperidine rings is 1. The zero-order chi connectivity index (χ0) is 20.4. The lowest BCUT2D eigenvalue weighted by atomic mass is 9.89. The van der Waals surface area contributed by atoms with Crippen molar-refractivity contribution in [2.45, 2.75) is 37.6 Å². The predicted molar refractivity (Wildman–Crippen MR) is 111 cm³/mol. The molecule has 1 saturated carbocycles. The average molecular weight is 411 g/mol. The Morgan fingerprint density at radius 1 is 0.966 bits per heavy atom. The number of ketones is 1. The van der Waals surface area contributed by atoms with Gasteiger partial charge in [-0.05, 0) is 48.9 Å². The van der Waals surface area contributed by atoms with Crippen molar-refractivity contribution in [3.63, 3.8) is 0 Å². The van der Waals surface area contributed by atoms with Gasteiger partial charge < -0.3 is 10.2 Å². The first-order valence-electron chi connectivity index (χ1n) is 9.99. The van der Waals surface area contributed by atoms with Gasteiger partial charge in [0.1, 0.15) is 0 Å². The zero-order valence-electron chi connectivity index (χ0n) is 16.1. The van der Waals surface area contributed by atoms with Crippen LogP contribution in [0, 0.1) is 0 Å². The van der Waals surface area contributed by atoms with Gasteiger partial charge in [-0.25, -0.2) is 0 Å². The second-order valence-corrected chi connectivity index (χ2v) is 8.17. The fourth-order valence-electron chi connectivity index (χ4n) is 3.97. The zero-order valence-corrected chi connectivity index (χ0v) is 16.8. The van der Waals surface area contributed by atoms with Crippen molar-refractivity contribution in [3.8, 4) is 0 Å². The summed E-state index contributed by atoms with van der Waals surface area (Å²) >= 11 is 6.18. The van der Waals surface area contributed by atoms with Gasteiger partial charge in [-0.2, -0.15) is 0 Å². The Hall–Kier alpha value is -2.66. The van der Waals surface area contributed by atoms with E-state index < -0.39 is 6.04 Å². The van der Waals surface area contributed by atoms with Crippen molar-refractivity contribution in [1.82, 2.24) is 10.2 Å². The molecule has 2 fully saturated rings. The topological polar surface area (TPSA) is 66.5 Å². The van der Waals surface area contributed by atoms with Gasteiger partial charge in [0.15, 0.2) is 5.78 Å². The number of hydrogen-bond donors (Lipinski definition) is 1. The number of likely N-dealkylation sites (tertiary alicyclic amines) is 1. The Labute approximate surface area is 175 Å². The highest BCUT2D eigenvalue weighted by Crippen LogP contribution is 2.29. The molecule has 2 aliphatic rings. The fraction of sp³-hybridized carbons (Fsp3) is 0.348. The van der Waals surface area contributed by atoms with E-state index in [4.69, 9.17) is 11.6 Å². The first-order chi connectivity index (χ1) is 14.0. The molecule has 0 aromatic heterocycles. The third kappa shape index (κ3) is 4.35. The van der Waals surface area contributed by atoms with Crippen molar-refractivity contribution in [1.29, 1.82) is 0 Å². The van der Waals surface area contributed by atoms with Crippen LogP contribution in [0.4, 0.5) is 0 Å². The summed E-state index contributed by atoms with van der Waals surface area (Å²) in [4.78, 5) is 38.7. The Kier molecular flexibility index (Phi) is 5.67. The van der Waals surface area contributed by atoms with Gasteiger partial charge in [0.2, 0.25) is 0 Å². The number of carbonyl (C=O) groups excluding carboxylic acids is 3. The molecule has 2 aromatic rings. The van der Waals surface area contributed by atoms with Gasteiger partial charge in [0.25, 0.3) is 11.8 Å². The molecule has 1 aliphatic heterocycles. The first-order valence-corrected chi connectivity index (χ1v) is 10.4. The van der Waals surface area contributed by atoms with Gasteiger partial charge in [-0.15, -0.1) is 0 Å². The maximum Gasteiger partial charge on any atom is 0.253 e. The Bertz CT molecular complexity index is 936. The molecule has 1 aliphatic carbocycles. The highest BCUT2D eigenvalue weighted by atomic mass is 35.5. The minimum atomic E-state index is -0.419. The summed E-state index contributed by atoms with van der Waals surface area (Å²) in [6.07, 6.45) is 2.98. The van der Waals surface area contributed by atoms with Crippen LogP contribution in [0.2, 0.25) is 5.02 Å². The van der Waals surface area contributed by atoms with E-state index in [-0.39, 0.29) is 17.6 Å². The average Bonchev–Trinajstić information content (AvgIpc) is 2.76. The van der Waals surface area contributed by atoms with Crippen molar-refractivity contribution < 1.29 is 14.4 Å². The number of halogens is 1. The van der Waals surface area contributed by atoms with Gasteiger partial charge >= 0.3 is 0 Å². The third-order valence-corrected chi connectivity index (χ3v) is 6.05. The molecular formula is C23H23ClN2O3. The largest absolute Gasteiger partial charge is 0.342 e. The van der Waals surface area contributed by atoms with Crippen LogP contribution in [-0.4, -0.2) is 41.6 Å². The van der Waals surface area contributed by atoms with Crippen LogP contribution < -0.4 is 5.32 Å². The molecule has 1 saturated heterocycles. The second kappa shape index (κ2) is 8.37. The quantitative estimate of drug-likeness (QED) is 0.833. The van der Waals surface area contributed by atoms with E-state index in [2.05, 4.69) is 17.4 Å². The Morgan fingerprint density at radius 2 is 1.66 bits per heavy atom. The van der Waals surface area contributed by atoms with E-state index in [0.29, 0.717) is 48.0 Å². The molecule has 0 radical (unpaired) electrons. The lowest BCUT2D eigenvalue weighted by Crippen LogP contribution is -2.47. The smallest absolute Gasteiger partial charge is 0.253 e. The highest BCUT2D eigenvalue weighted by molar-refractivity contribution is 6.31. The van der Waals surface area contributed by atoms with E-state index in [9.17, 15) is 14.4 Å². The molecule has 1 N–H and O–H groups in total. The molecule has 1 atom stereocenters. The molecule has 6 heteroatoms. The van der Waals surface area contributed by atoms with Crippen molar-refractivity contribution >= 4 is 29.2 Å². The summed E-state index contributed by atoms with van der Waals surface area (Å²) in [5, 5.41) is 3.04. The summed E-state index contributed by atoms with van der Waals surface area (Å²) in [5.74, 6) is 0.00842. The molecule has 4 rings (SSSR count). The first kappa shape index (κ1) is 19.6. The molecular weight excluding hydrogens is 388 g/mol. The summed E-state index contributed by atoms with van der Waals surface area (Å²) in [6.45, 7) is 1.34. The molecule has 2 amide bonds. The summed E-state index contributed by atoms with van der Waals surface area (Å²) < 4.78 is 0. The molecule has 0 bridgehead atoms. The van der Waals surface area contributed by atoms with Crippen molar-refractivity contribution in [3.05, 3.63) is 70.2 Å². The SMILES string of the molecule is O=C(NC1CCC1=O)c1cc(Cl)cc(C(=O)N2CCC(c3ccccc3)CC2)c1. The van der Waals surface area contributed by atoms with Crippen LogP contribution in [0.5, 0.6) is 0 Å². The number of rotatable bonds is 4. The third-order valence-electron chi connectivity index (χ3n) is 5.83. The van der Waals surface area contributed by atoms with Gasteiger partial charge in [-0.3, -0.25) is 14.4 Å². The lowest BCUT2D eigenvalue weighted by Gasteiger charge is -2.32. The standard InChI is InChI=1S/C23H23ClN2O3/c24-19-13-17(22(28)25-20-6-7-21(20)27)12-18(14-19)23(29)26-10-8-16(9-11-26)15-4-2-1-3-5-15/h1-5,12-14,16,20H,6-11H2,(H,25,28). The van der Waals surface area contributed by atoms with Crippen molar-refractivity contribution in [2.24, 2.45) is 0 Å². The number of nitrogens with zero attached hydrogens (tertiary/aromatic N) is 1. The summed E-state index contributed by atoms with van der Waals surface area (Å²) in [6, 6.07) is 14.6. The molecule has 1 unspecified atom stereocenters. The minimum absolute atomic E-state index is 0.0398. The van der Waals surface area contributed by atoms with E-state index in [1.165, 1.54) is 11.6 Å². The number of carbonyl (C=O) groups is 3. The normalized spacial score (nSPS) is 19.6. The number of amides is 2. The van der Waals surface area contributed by atoms with E-state index in [1.54, 1.807) is 12.1 Å². The summed E-state index contributed by atoms with van der Waals surface area (Å²) in [7, 11) is 0. The molecule has 5 nitrogen and oxygen atoms in total. The van der Waals surface area contributed by atoms with Crippen LogP contribution >= 0.6 is 11.6 Å².